The predicted octanol–water partition coefficient (Wildman–Crippen LogP) is 4.75. The second-order valence-electron chi connectivity index (χ2n) is 11.3. The Morgan fingerprint density at radius 2 is 1.31 bits per heavy atom. The summed E-state index contributed by atoms with van der Waals surface area (Å²) < 4.78 is 16.3. The summed E-state index contributed by atoms with van der Waals surface area (Å²) in [6, 6.07) is 6.15. The van der Waals surface area contributed by atoms with E-state index in [9.17, 15) is 14.4 Å². The molecule has 1 heterocycles. The molecule has 2 rings (SSSR count). The van der Waals surface area contributed by atoms with Gasteiger partial charge in [0.05, 0.1) is 16.7 Å². The van der Waals surface area contributed by atoms with Crippen LogP contribution in [0.15, 0.2) is 24.3 Å². The highest BCUT2D eigenvalue weighted by molar-refractivity contribution is 5.91. The van der Waals surface area contributed by atoms with Gasteiger partial charge in [0.15, 0.2) is 5.69 Å². The lowest BCUT2D eigenvalue weighted by molar-refractivity contribution is -0.157. The van der Waals surface area contributed by atoms with Crippen LogP contribution in [0.4, 0.5) is 4.79 Å². The highest BCUT2D eigenvalue weighted by Gasteiger charge is 2.30. The van der Waals surface area contributed by atoms with Gasteiger partial charge in [-0.3, -0.25) is 0 Å². The zero-order valence-electron chi connectivity index (χ0n) is 22.1. The van der Waals surface area contributed by atoms with Gasteiger partial charge in [-0.05, 0) is 87.3 Å². The lowest BCUT2D eigenvalue weighted by atomic mass is 10.1. The number of benzene rings is 1. The number of alkyl carbamates (subject to hydrolysis) is 1. The number of fused-ring (bicyclic) bond motifs is 1. The number of hydrogen-bond acceptors (Lipinski definition) is 8. The van der Waals surface area contributed by atoms with Crippen LogP contribution in [0.2, 0.25) is 0 Å². The van der Waals surface area contributed by atoms with Crippen LogP contribution in [0.5, 0.6) is 0 Å². The minimum absolute atomic E-state index is 0.0684. The Labute approximate surface area is 206 Å². The van der Waals surface area contributed by atoms with Crippen molar-refractivity contribution >= 4 is 29.1 Å². The number of esters is 2. The number of carbonyl (C=O) groups is 3. The van der Waals surface area contributed by atoms with Gasteiger partial charge in [0.1, 0.15) is 22.8 Å². The van der Waals surface area contributed by atoms with Crippen molar-refractivity contribution in [2.75, 3.05) is 0 Å². The van der Waals surface area contributed by atoms with Crippen molar-refractivity contribution in [3.05, 3.63) is 35.7 Å². The molecule has 0 radical (unpaired) electrons. The summed E-state index contributed by atoms with van der Waals surface area (Å²) in [6.07, 6.45) is -0.478. The predicted molar refractivity (Wildman–Crippen MR) is 132 cm³/mol. The van der Waals surface area contributed by atoms with Crippen LogP contribution in [-0.4, -0.2) is 50.8 Å². The van der Waals surface area contributed by atoms with Crippen LogP contribution in [-0.2, 0) is 25.4 Å². The number of ether oxygens (including phenoxy) is 3. The smallest absolute Gasteiger partial charge is 0.408 e. The number of carbonyl (C=O) groups excluding carboxylic acids is 3. The molecule has 1 atom stereocenters. The normalized spacial score (nSPS) is 13.2. The van der Waals surface area contributed by atoms with Gasteiger partial charge in [0, 0.05) is 0 Å². The highest BCUT2D eigenvalue weighted by atomic mass is 16.6. The third kappa shape index (κ3) is 9.50. The Balaban J connectivity index is 2.36. The van der Waals surface area contributed by atoms with Crippen LogP contribution in [0.1, 0.15) is 84.9 Å². The molecule has 0 aliphatic heterocycles. The minimum atomic E-state index is -1.02. The fraction of sp³-hybridized carbons (Fsp3) is 0.577. The first-order chi connectivity index (χ1) is 15.9. The van der Waals surface area contributed by atoms with E-state index in [1.807, 2.05) is 6.07 Å². The fourth-order valence-corrected chi connectivity index (χ4v) is 3.05. The number of nitrogens with one attached hydrogen (secondary N) is 1. The van der Waals surface area contributed by atoms with Crippen molar-refractivity contribution in [1.29, 1.82) is 0 Å². The molecule has 0 saturated carbocycles. The fourth-order valence-electron chi connectivity index (χ4n) is 3.05. The largest absolute Gasteiger partial charge is 0.458 e. The van der Waals surface area contributed by atoms with Crippen LogP contribution in [0.3, 0.4) is 0 Å². The van der Waals surface area contributed by atoms with E-state index in [-0.39, 0.29) is 18.5 Å². The van der Waals surface area contributed by atoms with Crippen molar-refractivity contribution in [2.24, 2.45) is 0 Å². The molecular weight excluding hydrogens is 450 g/mol. The quantitative estimate of drug-likeness (QED) is 0.458. The third-order valence-corrected chi connectivity index (χ3v) is 4.29. The van der Waals surface area contributed by atoms with Crippen molar-refractivity contribution in [2.45, 2.75) is 98.0 Å². The highest BCUT2D eigenvalue weighted by Crippen LogP contribution is 2.20. The van der Waals surface area contributed by atoms with E-state index in [0.717, 1.165) is 0 Å². The standard InChI is InChI=1S/C26H37N3O6/c1-24(2,3)33-21(30)19(29-23(32)35-26(7,8)9)15-14-18-20(22(31)34-25(4,5)6)28-17-13-11-10-12-16(17)27-18/h10-13,19H,14-15H2,1-9H3,(H,29,32)/t19-/m0/s1. The van der Waals surface area contributed by atoms with Gasteiger partial charge in [-0.25, -0.2) is 24.4 Å². The van der Waals surface area contributed by atoms with Gasteiger partial charge in [-0.1, -0.05) is 12.1 Å². The molecule has 1 aromatic heterocycles. The molecule has 2 aromatic rings. The molecular formula is C26H37N3O6. The molecule has 0 saturated heterocycles. The molecule has 192 valence electrons. The number of hydrogen-bond donors (Lipinski definition) is 1. The van der Waals surface area contributed by atoms with Gasteiger partial charge in [-0.15, -0.1) is 0 Å². The zero-order chi connectivity index (χ0) is 26.6. The monoisotopic (exact) mass is 487 g/mol. The molecule has 0 unspecified atom stereocenters. The third-order valence-electron chi connectivity index (χ3n) is 4.29. The van der Waals surface area contributed by atoms with E-state index in [1.54, 1.807) is 80.5 Å². The average Bonchev–Trinajstić information content (AvgIpc) is 2.66. The number of aryl methyl sites for hydroxylation is 1. The topological polar surface area (TPSA) is 117 Å². The number of amides is 1. The lowest BCUT2D eigenvalue weighted by Gasteiger charge is -2.26. The van der Waals surface area contributed by atoms with E-state index in [0.29, 0.717) is 16.7 Å². The second kappa shape index (κ2) is 10.6. The molecule has 1 N–H and O–H groups in total. The van der Waals surface area contributed by atoms with Crippen LogP contribution < -0.4 is 5.32 Å². The van der Waals surface area contributed by atoms with E-state index in [4.69, 9.17) is 14.2 Å². The summed E-state index contributed by atoms with van der Waals surface area (Å²) in [5, 5.41) is 2.59. The second-order valence-corrected chi connectivity index (χ2v) is 11.3. The molecule has 1 aromatic carbocycles. The molecule has 9 nitrogen and oxygen atoms in total. The van der Waals surface area contributed by atoms with Crippen molar-refractivity contribution < 1.29 is 28.6 Å². The first-order valence-electron chi connectivity index (χ1n) is 11.6. The van der Waals surface area contributed by atoms with Crippen LogP contribution in [0.25, 0.3) is 11.0 Å². The van der Waals surface area contributed by atoms with Gasteiger partial charge in [0.25, 0.3) is 0 Å². The molecule has 9 heteroatoms. The Kier molecular flexibility index (Phi) is 8.47. The van der Waals surface area contributed by atoms with Gasteiger partial charge >= 0.3 is 18.0 Å². The summed E-state index contributed by atoms with van der Waals surface area (Å²) in [4.78, 5) is 47.3. The number of nitrogens with zero attached hydrogens (tertiary/aromatic N) is 2. The Bertz CT molecular complexity index is 1080. The maximum Gasteiger partial charge on any atom is 0.408 e. The Morgan fingerprint density at radius 3 is 1.83 bits per heavy atom. The van der Waals surface area contributed by atoms with Crippen LogP contribution in [0, 0.1) is 0 Å². The van der Waals surface area contributed by atoms with E-state index >= 15 is 0 Å². The van der Waals surface area contributed by atoms with E-state index in [2.05, 4.69) is 15.3 Å². The molecule has 0 aliphatic rings. The summed E-state index contributed by atoms with van der Waals surface area (Å²) in [6.45, 7) is 15.7. The van der Waals surface area contributed by atoms with Crippen molar-refractivity contribution in [3.8, 4) is 0 Å². The van der Waals surface area contributed by atoms with Gasteiger partial charge in [-0.2, -0.15) is 0 Å². The average molecular weight is 488 g/mol. The minimum Gasteiger partial charge on any atom is -0.458 e. The lowest BCUT2D eigenvalue weighted by Crippen LogP contribution is -2.46. The molecule has 1 amide bonds. The Morgan fingerprint density at radius 1 is 0.800 bits per heavy atom. The molecule has 0 aliphatic carbocycles. The SMILES string of the molecule is CC(C)(C)OC(=O)N[C@@H](CCc1nc2ccccc2nc1C(=O)OC(C)(C)C)C(=O)OC(C)(C)C. The summed E-state index contributed by atoms with van der Waals surface area (Å²) >= 11 is 0. The number of aromatic nitrogens is 2. The first-order valence-corrected chi connectivity index (χ1v) is 11.6. The summed E-state index contributed by atoms with van der Waals surface area (Å²) in [7, 11) is 0. The maximum atomic E-state index is 12.9. The first kappa shape index (κ1) is 28.0. The maximum absolute atomic E-state index is 12.9. The zero-order valence-corrected chi connectivity index (χ0v) is 22.1. The number of rotatable bonds is 6. The summed E-state index contributed by atoms with van der Waals surface area (Å²) in [5.74, 6) is -1.23. The molecule has 0 bridgehead atoms. The number of para-hydroxylation sites is 2. The van der Waals surface area contributed by atoms with E-state index < -0.39 is 40.9 Å². The Hall–Kier alpha value is -3.23. The molecule has 0 fully saturated rings. The summed E-state index contributed by atoms with van der Waals surface area (Å²) in [5.41, 5.74) is -0.641. The van der Waals surface area contributed by atoms with Crippen LogP contribution >= 0.6 is 0 Å². The van der Waals surface area contributed by atoms with Gasteiger partial charge in [0.2, 0.25) is 0 Å². The van der Waals surface area contributed by atoms with Crippen molar-refractivity contribution in [1.82, 2.24) is 15.3 Å². The molecule has 35 heavy (non-hydrogen) atoms. The van der Waals surface area contributed by atoms with Crippen molar-refractivity contribution in [3.63, 3.8) is 0 Å². The van der Waals surface area contributed by atoms with Gasteiger partial charge < -0.3 is 19.5 Å². The van der Waals surface area contributed by atoms with E-state index in [1.165, 1.54) is 0 Å². The molecule has 0 spiro atoms.